The maximum absolute atomic E-state index is 13.4. The molecule has 0 heterocycles. The summed E-state index contributed by atoms with van der Waals surface area (Å²) in [6.45, 7) is 1.81. The van der Waals surface area contributed by atoms with Crippen LogP contribution in [-0.2, 0) is 0 Å². The Balaban J connectivity index is 1.99. The largest absolute Gasteiger partial charge is 0.331 e. The summed E-state index contributed by atoms with van der Waals surface area (Å²) in [6, 6.07) is 9.63. The molecular weight excluding hydrogens is 342 g/mol. The third kappa shape index (κ3) is 4.26. The summed E-state index contributed by atoms with van der Waals surface area (Å²) in [4.78, 5) is 11.8. The van der Waals surface area contributed by atoms with E-state index in [1.54, 1.807) is 0 Å². The average Bonchev–Trinajstić information content (AvgIpc) is 2.42. The van der Waals surface area contributed by atoms with E-state index in [2.05, 4.69) is 26.6 Å². The highest BCUT2D eigenvalue weighted by Crippen LogP contribution is 2.18. The molecule has 2 rings (SSSR count). The van der Waals surface area contributed by atoms with Crippen LogP contribution in [0.4, 0.5) is 19.3 Å². The molecule has 1 unspecified atom stereocenters. The highest BCUT2D eigenvalue weighted by Gasteiger charge is 2.11. The van der Waals surface area contributed by atoms with Crippen molar-refractivity contribution >= 4 is 27.6 Å². The van der Waals surface area contributed by atoms with Crippen LogP contribution in [0, 0.1) is 11.6 Å². The highest BCUT2D eigenvalue weighted by atomic mass is 79.9. The van der Waals surface area contributed by atoms with Crippen molar-refractivity contribution in [1.82, 2.24) is 5.32 Å². The fourth-order valence-corrected chi connectivity index (χ4v) is 2.05. The Morgan fingerprint density at radius 2 is 1.81 bits per heavy atom. The Bertz CT molecular complexity index is 647. The Labute approximate surface area is 129 Å². The third-order valence-electron chi connectivity index (χ3n) is 2.90. The zero-order chi connectivity index (χ0) is 15.4. The number of carbonyl (C=O) groups is 1. The van der Waals surface area contributed by atoms with Crippen molar-refractivity contribution in [3.05, 3.63) is 64.1 Å². The van der Waals surface area contributed by atoms with E-state index in [0.29, 0.717) is 6.07 Å². The van der Waals surface area contributed by atoms with Crippen molar-refractivity contribution in [1.29, 1.82) is 0 Å². The van der Waals surface area contributed by atoms with Gasteiger partial charge in [0.15, 0.2) is 0 Å². The predicted molar refractivity (Wildman–Crippen MR) is 81.1 cm³/mol. The lowest BCUT2D eigenvalue weighted by Crippen LogP contribution is -2.31. The van der Waals surface area contributed by atoms with Crippen LogP contribution in [0.5, 0.6) is 0 Å². The lowest BCUT2D eigenvalue weighted by Gasteiger charge is -2.15. The van der Waals surface area contributed by atoms with Crippen molar-refractivity contribution in [3.8, 4) is 0 Å². The molecule has 0 spiro atoms. The number of rotatable bonds is 3. The second-order valence-corrected chi connectivity index (χ2v) is 5.41. The van der Waals surface area contributed by atoms with Crippen molar-refractivity contribution in [3.63, 3.8) is 0 Å². The number of halogens is 3. The Hall–Kier alpha value is -1.95. The van der Waals surface area contributed by atoms with Crippen molar-refractivity contribution in [2.24, 2.45) is 0 Å². The van der Waals surface area contributed by atoms with Gasteiger partial charge in [0.1, 0.15) is 11.6 Å². The molecule has 2 aromatic rings. The van der Waals surface area contributed by atoms with Crippen LogP contribution in [-0.4, -0.2) is 6.03 Å². The van der Waals surface area contributed by atoms with Crippen LogP contribution < -0.4 is 10.6 Å². The van der Waals surface area contributed by atoms with Gasteiger partial charge >= 0.3 is 6.03 Å². The molecule has 2 N–H and O–H groups in total. The van der Waals surface area contributed by atoms with E-state index in [-0.39, 0.29) is 11.7 Å². The van der Waals surface area contributed by atoms with Gasteiger partial charge in [0.2, 0.25) is 0 Å². The summed E-state index contributed by atoms with van der Waals surface area (Å²) >= 11 is 3.33. The number of hydrogen-bond donors (Lipinski definition) is 2. The van der Waals surface area contributed by atoms with E-state index in [4.69, 9.17) is 0 Å². The van der Waals surface area contributed by atoms with Crippen LogP contribution in [0.1, 0.15) is 18.5 Å². The fourth-order valence-electron chi connectivity index (χ4n) is 1.78. The monoisotopic (exact) mass is 354 g/mol. The second-order valence-electron chi connectivity index (χ2n) is 4.50. The van der Waals surface area contributed by atoms with E-state index < -0.39 is 17.7 Å². The van der Waals surface area contributed by atoms with Gasteiger partial charge in [0.25, 0.3) is 0 Å². The Kier molecular flexibility index (Phi) is 4.90. The lowest BCUT2D eigenvalue weighted by molar-refractivity contribution is 0.249. The Morgan fingerprint density at radius 3 is 2.43 bits per heavy atom. The van der Waals surface area contributed by atoms with Gasteiger partial charge < -0.3 is 10.6 Å². The smallest absolute Gasteiger partial charge is 0.319 e. The van der Waals surface area contributed by atoms with Gasteiger partial charge in [-0.3, -0.25) is 0 Å². The zero-order valence-electron chi connectivity index (χ0n) is 11.2. The maximum Gasteiger partial charge on any atom is 0.319 e. The van der Waals surface area contributed by atoms with Gasteiger partial charge in [-0.2, -0.15) is 0 Å². The topological polar surface area (TPSA) is 41.1 Å². The molecule has 0 aliphatic rings. The predicted octanol–water partition coefficient (Wildman–Crippen LogP) is 4.61. The summed E-state index contributed by atoms with van der Waals surface area (Å²) in [5, 5.41) is 5.03. The summed E-state index contributed by atoms with van der Waals surface area (Å²) in [5.74, 6) is -1.51. The molecule has 0 saturated carbocycles. The number of nitrogens with one attached hydrogen (secondary N) is 2. The van der Waals surface area contributed by atoms with Crippen molar-refractivity contribution < 1.29 is 13.6 Å². The highest BCUT2D eigenvalue weighted by molar-refractivity contribution is 9.10. The number of urea groups is 1. The van der Waals surface area contributed by atoms with Crippen LogP contribution >= 0.6 is 15.9 Å². The molecule has 3 nitrogen and oxygen atoms in total. The van der Waals surface area contributed by atoms with Gasteiger partial charge in [0.05, 0.1) is 11.7 Å². The molecule has 2 amide bonds. The van der Waals surface area contributed by atoms with E-state index in [0.717, 1.165) is 16.1 Å². The standard InChI is InChI=1S/C15H13BrF2N2O/c1-9(10-2-4-11(16)5-3-10)19-15(21)20-14-7-6-12(17)8-13(14)18/h2-9H,1H3,(H2,19,20,21). The molecule has 0 saturated heterocycles. The third-order valence-corrected chi connectivity index (χ3v) is 3.43. The minimum Gasteiger partial charge on any atom is -0.331 e. The molecule has 6 heteroatoms. The van der Waals surface area contributed by atoms with Gasteiger partial charge in [-0.15, -0.1) is 0 Å². The van der Waals surface area contributed by atoms with Crippen LogP contribution in [0.2, 0.25) is 0 Å². The van der Waals surface area contributed by atoms with E-state index in [9.17, 15) is 13.6 Å². The van der Waals surface area contributed by atoms with E-state index >= 15 is 0 Å². The maximum atomic E-state index is 13.4. The molecule has 0 aliphatic heterocycles. The number of carbonyl (C=O) groups excluding carboxylic acids is 1. The van der Waals surface area contributed by atoms with Crippen LogP contribution in [0.25, 0.3) is 0 Å². The van der Waals surface area contributed by atoms with E-state index in [1.807, 2.05) is 31.2 Å². The van der Waals surface area contributed by atoms with Gasteiger partial charge in [-0.1, -0.05) is 28.1 Å². The molecule has 1 atom stereocenters. The van der Waals surface area contributed by atoms with Crippen molar-refractivity contribution in [2.45, 2.75) is 13.0 Å². The minimum absolute atomic E-state index is 0.0723. The number of benzene rings is 2. The van der Waals surface area contributed by atoms with Gasteiger partial charge in [-0.25, -0.2) is 13.6 Å². The Morgan fingerprint density at radius 1 is 1.14 bits per heavy atom. The first-order valence-corrected chi connectivity index (χ1v) is 7.03. The molecular formula is C15H13BrF2N2O. The molecule has 110 valence electrons. The average molecular weight is 355 g/mol. The molecule has 0 radical (unpaired) electrons. The number of amides is 2. The van der Waals surface area contributed by atoms with Gasteiger partial charge in [0, 0.05) is 10.5 Å². The lowest BCUT2D eigenvalue weighted by atomic mass is 10.1. The number of hydrogen-bond acceptors (Lipinski definition) is 1. The molecule has 0 fully saturated rings. The summed E-state index contributed by atoms with van der Waals surface area (Å²) in [5.41, 5.74) is 0.838. The number of anilines is 1. The SMILES string of the molecule is CC(NC(=O)Nc1ccc(F)cc1F)c1ccc(Br)cc1. The minimum atomic E-state index is -0.818. The molecule has 0 aromatic heterocycles. The first-order valence-electron chi connectivity index (χ1n) is 6.24. The molecule has 2 aromatic carbocycles. The summed E-state index contributed by atoms with van der Waals surface area (Å²) in [6.07, 6.45) is 0. The summed E-state index contributed by atoms with van der Waals surface area (Å²) in [7, 11) is 0. The van der Waals surface area contributed by atoms with Crippen LogP contribution in [0.15, 0.2) is 46.9 Å². The molecule has 0 aliphatic carbocycles. The molecule has 21 heavy (non-hydrogen) atoms. The van der Waals surface area contributed by atoms with Crippen LogP contribution in [0.3, 0.4) is 0 Å². The quantitative estimate of drug-likeness (QED) is 0.830. The summed E-state index contributed by atoms with van der Waals surface area (Å²) < 4.78 is 27.1. The van der Waals surface area contributed by atoms with E-state index in [1.165, 1.54) is 6.07 Å². The first kappa shape index (κ1) is 15.4. The fraction of sp³-hybridized carbons (Fsp3) is 0.133. The molecule has 0 bridgehead atoms. The van der Waals surface area contributed by atoms with Crippen molar-refractivity contribution in [2.75, 3.05) is 5.32 Å². The first-order chi connectivity index (χ1) is 9.95. The second kappa shape index (κ2) is 6.67. The normalized spacial score (nSPS) is 11.8. The van der Waals surface area contributed by atoms with Gasteiger partial charge in [-0.05, 0) is 36.8 Å². The zero-order valence-corrected chi connectivity index (χ0v) is 12.7.